The Balaban J connectivity index is 0. The summed E-state index contributed by atoms with van der Waals surface area (Å²) in [5.41, 5.74) is 3.02. The molecule has 0 bridgehead atoms. The van der Waals surface area contributed by atoms with Crippen molar-refractivity contribution in [2.24, 2.45) is 0 Å². The molecule has 0 saturated carbocycles. The molecule has 0 aromatic heterocycles. The van der Waals surface area contributed by atoms with Crippen LogP contribution in [0.5, 0.6) is 0 Å². The van der Waals surface area contributed by atoms with E-state index in [9.17, 15) is 0 Å². The van der Waals surface area contributed by atoms with Gasteiger partial charge in [0.2, 0.25) is 0 Å². The minimum atomic E-state index is 0. The monoisotopic (exact) mass is 156 g/mol. The van der Waals surface area contributed by atoms with Crippen molar-refractivity contribution in [3.05, 3.63) is 35.4 Å². The molecule has 1 aromatic rings. The molecule has 0 radical (unpaired) electrons. The molecule has 0 aliphatic carbocycles. The maximum Gasteiger partial charge on any atom is 1.00 e. The zero-order valence-corrected chi connectivity index (χ0v) is 8.81. The van der Waals surface area contributed by atoms with Crippen LogP contribution in [0.3, 0.4) is 0 Å². The summed E-state index contributed by atoms with van der Waals surface area (Å²) < 4.78 is 0. The Bertz CT molecular complexity index is 233. The first-order valence-corrected chi connectivity index (χ1v) is 4.07. The van der Waals surface area contributed by atoms with Gasteiger partial charge in [-0.15, -0.1) is 0 Å². The number of hydrogen-bond donors (Lipinski definition) is 0. The Kier molecular flexibility index (Phi) is 4.10. The fraction of sp³-hybridized carbons (Fsp3) is 0.455. The van der Waals surface area contributed by atoms with Crippen molar-refractivity contribution in [3.8, 4) is 0 Å². The Labute approximate surface area is 89.0 Å². The molecule has 12 heavy (non-hydrogen) atoms. The quantitative estimate of drug-likeness (QED) is 0.477. The second kappa shape index (κ2) is 4.17. The van der Waals surface area contributed by atoms with E-state index in [0.29, 0.717) is 0 Å². The van der Waals surface area contributed by atoms with Crippen LogP contribution in [0.2, 0.25) is 0 Å². The molecule has 0 heterocycles. The SMILES string of the molecule is Cc1ccc(C(C)(C)C)cc1.[H-].[Li+]. The van der Waals surface area contributed by atoms with Gasteiger partial charge in [0.1, 0.15) is 0 Å². The third-order valence-electron chi connectivity index (χ3n) is 1.92. The smallest absolute Gasteiger partial charge is 1.00 e. The van der Waals surface area contributed by atoms with Gasteiger partial charge in [-0.25, -0.2) is 0 Å². The number of hydrogen-bond acceptors (Lipinski definition) is 0. The Hall–Kier alpha value is -0.183. The van der Waals surface area contributed by atoms with Crippen LogP contribution in [-0.2, 0) is 5.41 Å². The topological polar surface area (TPSA) is 0 Å². The van der Waals surface area contributed by atoms with E-state index in [4.69, 9.17) is 0 Å². The molecule has 1 aromatic carbocycles. The standard InChI is InChI=1S/C11H16.Li.H/c1-9-5-7-10(8-6-9)11(2,3)4;;/h5-8H,1-4H3;;/q;+1;-1. The van der Waals surface area contributed by atoms with E-state index < -0.39 is 0 Å². The second-order valence-corrected chi connectivity index (χ2v) is 4.12. The first kappa shape index (κ1) is 11.8. The molecular weight excluding hydrogens is 139 g/mol. The van der Waals surface area contributed by atoms with Crippen LogP contribution in [0.15, 0.2) is 24.3 Å². The number of rotatable bonds is 0. The number of benzene rings is 1. The summed E-state index contributed by atoms with van der Waals surface area (Å²) in [6.45, 7) is 8.82. The van der Waals surface area contributed by atoms with E-state index in [0.717, 1.165) is 0 Å². The Morgan fingerprint density at radius 3 is 1.75 bits per heavy atom. The zero-order valence-electron chi connectivity index (χ0n) is 9.81. The molecular formula is C11H17Li. The van der Waals surface area contributed by atoms with E-state index in [1.165, 1.54) is 11.1 Å². The van der Waals surface area contributed by atoms with E-state index in [-0.39, 0.29) is 25.7 Å². The third kappa shape index (κ3) is 3.05. The molecule has 62 valence electrons. The van der Waals surface area contributed by atoms with Crippen LogP contribution in [0.25, 0.3) is 0 Å². The Morgan fingerprint density at radius 2 is 1.42 bits per heavy atom. The van der Waals surface area contributed by atoms with Crippen LogP contribution in [0, 0.1) is 6.92 Å². The maximum absolute atomic E-state index is 2.23. The molecule has 0 aliphatic heterocycles. The van der Waals surface area contributed by atoms with E-state index in [1.54, 1.807) is 0 Å². The molecule has 0 atom stereocenters. The predicted molar refractivity (Wildman–Crippen MR) is 51.0 cm³/mol. The van der Waals surface area contributed by atoms with Crippen LogP contribution >= 0.6 is 0 Å². The maximum atomic E-state index is 2.23. The number of aryl methyl sites for hydroxylation is 1. The van der Waals surface area contributed by atoms with Crippen LogP contribution in [0.1, 0.15) is 33.3 Å². The summed E-state index contributed by atoms with van der Waals surface area (Å²) in [5, 5.41) is 0. The van der Waals surface area contributed by atoms with E-state index in [1.807, 2.05) is 0 Å². The molecule has 1 heteroatoms. The molecule has 0 spiro atoms. The summed E-state index contributed by atoms with van der Waals surface area (Å²) in [5.74, 6) is 0. The molecule has 0 N–H and O–H groups in total. The molecule has 0 fully saturated rings. The van der Waals surface area contributed by atoms with Crippen molar-refractivity contribution in [3.63, 3.8) is 0 Å². The van der Waals surface area contributed by atoms with Gasteiger partial charge in [0.15, 0.2) is 0 Å². The predicted octanol–water partition coefficient (Wildman–Crippen LogP) is 0.409. The molecule has 0 aliphatic rings. The average Bonchev–Trinajstić information content (AvgIpc) is 1.86. The second-order valence-electron chi connectivity index (χ2n) is 4.12. The van der Waals surface area contributed by atoms with Crippen molar-refractivity contribution in [2.75, 3.05) is 0 Å². The van der Waals surface area contributed by atoms with Gasteiger partial charge in [0.05, 0.1) is 0 Å². The summed E-state index contributed by atoms with van der Waals surface area (Å²) in [4.78, 5) is 0. The van der Waals surface area contributed by atoms with E-state index in [2.05, 4.69) is 52.0 Å². The van der Waals surface area contributed by atoms with Gasteiger partial charge < -0.3 is 1.43 Å². The van der Waals surface area contributed by atoms with Gasteiger partial charge in [-0.2, -0.15) is 0 Å². The molecule has 0 nitrogen and oxygen atoms in total. The van der Waals surface area contributed by atoms with Crippen LogP contribution in [-0.4, -0.2) is 0 Å². The van der Waals surface area contributed by atoms with Crippen LogP contribution < -0.4 is 18.9 Å². The molecule has 0 amide bonds. The van der Waals surface area contributed by atoms with E-state index >= 15 is 0 Å². The fourth-order valence-electron chi connectivity index (χ4n) is 1.05. The van der Waals surface area contributed by atoms with Gasteiger partial charge in [-0.3, -0.25) is 0 Å². The first-order chi connectivity index (χ1) is 5.00. The van der Waals surface area contributed by atoms with Gasteiger partial charge >= 0.3 is 18.9 Å². The molecule has 0 saturated heterocycles. The van der Waals surface area contributed by atoms with Gasteiger partial charge in [-0.1, -0.05) is 50.6 Å². The summed E-state index contributed by atoms with van der Waals surface area (Å²) in [7, 11) is 0. The normalized spacial score (nSPS) is 10.7. The Morgan fingerprint density at radius 1 is 1.00 bits per heavy atom. The van der Waals surface area contributed by atoms with Crippen molar-refractivity contribution in [2.45, 2.75) is 33.1 Å². The van der Waals surface area contributed by atoms with Gasteiger partial charge in [0, 0.05) is 0 Å². The third-order valence-corrected chi connectivity index (χ3v) is 1.92. The average molecular weight is 156 g/mol. The molecule has 0 unspecified atom stereocenters. The van der Waals surface area contributed by atoms with Crippen molar-refractivity contribution < 1.29 is 20.3 Å². The summed E-state index contributed by atoms with van der Waals surface area (Å²) in [6, 6.07) is 8.74. The van der Waals surface area contributed by atoms with Crippen molar-refractivity contribution in [1.82, 2.24) is 0 Å². The van der Waals surface area contributed by atoms with Gasteiger partial charge in [0.25, 0.3) is 0 Å². The fourth-order valence-corrected chi connectivity index (χ4v) is 1.05. The molecule has 1 rings (SSSR count). The van der Waals surface area contributed by atoms with Gasteiger partial charge in [-0.05, 0) is 17.9 Å². The summed E-state index contributed by atoms with van der Waals surface area (Å²) in [6.07, 6.45) is 0. The minimum absolute atomic E-state index is 0. The van der Waals surface area contributed by atoms with Crippen molar-refractivity contribution >= 4 is 0 Å². The minimum Gasteiger partial charge on any atom is -1.00 e. The van der Waals surface area contributed by atoms with Crippen molar-refractivity contribution in [1.29, 1.82) is 0 Å². The zero-order chi connectivity index (χ0) is 8.48. The van der Waals surface area contributed by atoms with Crippen LogP contribution in [0.4, 0.5) is 0 Å². The first-order valence-electron chi connectivity index (χ1n) is 4.07. The largest absolute Gasteiger partial charge is 1.00 e. The summed E-state index contributed by atoms with van der Waals surface area (Å²) >= 11 is 0.